The molecule has 0 unspecified atom stereocenters. The van der Waals surface area contributed by atoms with Gasteiger partial charge in [0.1, 0.15) is 6.61 Å². The fraction of sp³-hybridized carbons (Fsp3) is 0.133. The molecule has 2 rings (SSSR count). The van der Waals surface area contributed by atoms with Crippen LogP contribution < -0.4 is 4.74 Å². The Bertz CT molecular complexity index is 804. The predicted molar refractivity (Wildman–Crippen MR) is 81.9 cm³/mol. The number of esters is 1. The Hall–Kier alpha value is -3.49. The molecule has 0 atom stereocenters. The van der Waals surface area contributed by atoms with Crippen LogP contribution in [0.25, 0.3) is 0 Å². The Labute approximate surface area is 135 Å². The first-order valence-corrected chi connectivity index (χ1v) is 6.65. The fourth-order valence-electron chi connectivity index (χ4n) is 1.95. The van der Waals surface area contributed by atoms with Crippen molar-refractivity contribution >= 4 is 17.3 Å². The van der Waals surface area contributed by atoms with E-state index in [-0.39, 0.29) is 29.3 Å². The van der Waals surface area contributed by atoms with Gasteiger partial charge in [-0.1, -0.05) is 12.1 Å². The number of nitrogens with zero attached hydrogens (tertiary/aromatic N) is 2. The van der Waals surface area contributed by atoms with Crippen molar-refractivity contribution < 1.29 is 24.1 Å². The number of nitro groups is 2. The Kier molecular flexibility index (Phi) is 5.05. The summed E-state index contributed by atoms with van der Waals surface area (Å²) < 4.78 is 9.94. The smallest absolute Gasteiger partial charge is 0.337 e. The maximum absolute atomic E-state index is 11.5. The molecule has 124 valence electrons. The summed E-state index contributed by atoms with van der Waals surface area (Å²) in [7, 11) is 1.19. The van der Waals surface area contributed by atoms with Crippen molar-refractivity contribution in [2.24, 2.45) is 0 Å². The molecule has 0 spiro atoms. The van der Waals surface area contributed by atoms with Crippen molar-refractivity contribution in [3.63, 3.8) is 0 Å². The molecule has 0 aliphatic heterocycles. The molecule has 0 saturated heterocycles. The number of ether oxygens (including phenoxy) is 2. The van der Waals surface area contributed by atoms with Crippen molar-refractivity contribution in [3.05, 3.63) is 73.8 Å². The lowest BCUT2D eigenvalue weighted by atomic mass is 10.2. The summed E-state index contributed by atoms with van der Waals surface area (Å²) in [5.74, 6) is -0.792. The Balaban J connectivity index is 2.27. The molecule has 0 fully saturated rings. The van der Waals surface area contributed by atoms with E-state index in [0.717, 1.165) is 6.07 Å². The molecule has 0 aromatic heterocycles. The fourth-order valence-corrected chi connectivity index (χ4v) is 1.95. The zero-order valence-corrected chi connectivity index (χ0v) is 12.5. The van der Waals surface area contributed by atoms with Crippen LogP contribution in [-0.4, -0.2) is 22.9 Å². The highest BCUT2D eigenvalue weighted by atomic mass is 16.6. The number of non-ortho nitro benzene ring substituents is 1. The number of carbonyl (C=O) groups is 1. The molecule has 2 aromatic rings. The number of hydrogen-bond donors (Lipinski definition) is 0. The van der Waals surface area contributed by atoms with E-state index < -0.39 is 15.8 Å². The molecule has 0 amide bonds. The van der Waals surface area contributed by atoms with E-state index in [2.05, 4.69) is 4.74 Å². The standard InChI is InChI=1S/C15H12N2O7/c1-23-15(18)11-5-6-13(17(21)22)14(8-11)24-9-10-3-2-4-12(7-10)16(19)20/h2-8H,9H2,1H3. The van der Waals surface area contributed by atoms with Gasteiger partial charge in [0, 0.05) is 24.3 Å². The average Bonchev–Trinajstić information content (AvgIpc) is 2.59. The zero-order valence-electron chi connectivity index (χ0n) is 12.5. The van der Waals surface area contributed by atoms with Gasteiger partial charge in [0.05, 0.1) is 22.5 Å². The lowest BCUT2D eigenvalue weighted by Gasteiger charge is -2.08. The molecule has 0 heterocycles. The molecule has 0 saturated carbocycles. The van der Waals surface area contributed by atoms with Gasteiger partial charge in [-0.25, -0.2) is 4.79 Å². The summed E-state index contributed by atoms with van der Waals surface area (Å²) in [6.45, 7) is -0.132. The van der Waals surface area contributed by atoms with Crippen molar-refractivity contribution in [3.8, 4) is 5.75 Å². The maximum atomic E-state index is 11.5. The van der Waals surface area contributed by atoms with Crippen LogP contribution in [0.4, 0.5) is 11.4 Å². The first-order chi connectivity index (χ1) is 11.4. The molecule has 0 radical (unpaired) electrons. The van der Waals surface area contributed by atoms with E-state index in [1.165, 1.54) is 37.4 Å². The van der Waals surface area contributed by atoms with Gasteiger partial charge in [-0.05, 0) is 11.6 Å². The van der Waals surface area contributed by atoms with Gasteiger partial charge in [-0.2, -0.15) is 0 Å². The molecular weight excluding hydrogens is 320 g/mol. The summed E-state index contributed by atoms with van der Waals surface area (Å²) in [5.41, 5.74) is 0.112. The van der Waals surface area contributed by atoms with Crippen LogP contribution in [0.2, 0.25) is 0 Å². The second kappa shape index (κ2) is 7.18. The van der Waals surface area contributed by atoms with Crippen molar-refractivity contribution in [1.29, 1.82) is 0 Å². The maximum Gasteiger partial charge on any atom is 0.337 e. The second-order valence-electron chi connectivity index (χ2n) is 4.65. The second-order valence-corrected chi connectivity index (χ2v) is 4.65. The van der Waals surface area contributed by atoms with E-state index in [1.807, 2.05) is 0 Å². The highest BCUT2D eigenvalue weighted by Gasteiger charge is 2.19. The largest absolute Gasteiger partial charge is 0.482 e. The van der Waals surface area contributed by atoms with Crippen LogP contribution >= 0.6 is 0 Å². The van der Waals surface area contributed by atoms with E-state index in [1.54, 1.807) is 6.07 Å². The molecule has 9 nitrogen and oxygen atoms in total. The van der Waals surface area contributed by atoms with Crippen LogP contribution in [0.5, 0.6) is 5.75 Å². The monoisotopic (exact) mass is 332 g/mol. The molecule has 0 aliphatic rings. The lowest BCUT2D eigenvalue weighted by molar-refractivity contribution is -0.386. The van der Waals surface area contributed by atoms with Crippen molar-refractivity contribution in [2.75, 3.05) is 7.11 Å². The topological polar surface area (TPSA) is 122 Å². The van der Waals surface area contributed by atoms with Crippen LogP contribution in [0.15, 0.2) is 42.5 Å². The van der Waals surface area contributed by atoms with Gasteiger partial charge in [0.2, 0.25) is 0 Å². The highest BCUT2D eigenvalue weighted by molar-refractivity contribution is 5.90. The first kappa shape index (κ1) is 16.9. The summed E-state index contributed by atoms with van der Waals surface area (Å²) in [6.07, 6.45) is 0. The summed E-state index contributed by atoms with van der Waals surface area (Å²) in [4.78, 5) is 32.1. The number of methoxy groups -OCH3 is 1. The quantitative estimate of drug-likeness (QED) is 0.453. The van der Waals surface area contributed by atoms with Gasteiger partial charge >= 0.3 is 11.7 Å². The molecule has 0 aliphatic carbocycles. The van der Waals surface area contributed by atoms with E-state index in [9.17, 15) is 25.0 Å². The van der Waals surface area contributed by atoms with Crippen LogP contribution in [0, 0.1) is 20.2 Å². The van der Waals surface area contributed by atoms with Crippen molar-refractivity contribution in [1.82, 2.24) is 0 Å². The normalized spacial score (nSPS) is 10.0. The summed E-state index contributed by atoms with van der Waals surface area (Å²) >= 11 is 0. The van der Waals surface area contributed by atoms with Crippen molar-refractivity contribution in [2.45, 2.75) is 6.61 Å². The minimum absolute atomic E-state index is 0.0946. The SMILES string of the molecule is COC(=O)c1ccc([N+](=O)[O-])c(OCc2cccc([N+](=O)[O-])c2)c1. The third-order valence-corrected chi connectivity index (χ3v) is 3.09. The third-order valence-electron chi connectivity index (χ3n) is 3.09. The minimum Gasteiger partial charge on any atom is -0.482 e. The average molecular weight is 332 g/mol. The molecule has 2 aromatic carbocycles. The third kappa shape index (κ3) is 3.83. The Morgan fingerprint density at radius 2 is 1.83 bits per heavy atom. The van der Waals surface area contributed by atoms with E-state index >= 15 is 0 Å². The van der Waals surface area contributed by atoms with Gasteiger partial charge < -0.3 is 9.47 Å². The van der Waals surface area contributed by atoms with Gasteiger partial charge in [0.15, 0.2) is 5.75 Å². The molecule has 24 heavy (non-hydrogen) atoms. The molecule has 9 heteroatoms. The van der Waals surface area contributed by atoms with Gasteiger partial charge in [0.25, 0.3) is 5.69 Å². The van der Waals surface area contributed by atoms with Gasteiger partial charge in [-0.3, -0.25) is 20.2 Å². The van der Waals surface area contributed by atoms with E-state index in [4.69, 9.17) is 4.74 Å². The number of carbonyl (C=O) groups excluding carboxylic acids is 1. The van der Waals surface area contributed by atoms with Gasteiger partial charge in [-0.15, -0.1) is 0 Å². The van der Waals surface area contributed by atoms with E-state index in [0.29, 0.717) is 5.56 Å². The first-order valence-electron chi connectivity index (χ1n) is 6.65. The number of nitro benzene ring substituents is 2. The minimum atomic E-state index is -0.662. The summed E-state index contributed by atoms with van der Waals surface area (Å²) in [5, 5.41) is 21.8. The number of benzene rings is 2. The highest BCUT2D eigenvalue weighted by Crippen LogP contribution is 2.29. The Morgan fingerprint density at radius 3 is 2.46 bits per heavy atom. The summed E-state index contributed by atoms with van der Waals surface area (Å²) in [6, 6.07) is 9.28. The predicted octanol–water partition coefficient (Wildman–Crippen LogP) is 2.87. The van der Waals surface area contributed by atoms with Crippen LogP contribution in [-0.2, 0) is 11.3 Å². The number of rotatable bonds is 6. The van der Waals surface area contributed by atoms with Crippen LogP contribution in [0.1, 0.15) is 15.9 Å². The molecular formula is C15H12N2O7. The molecule has 0 bridgehead atoms. The molecule has 0 N–H and O–H groups in total. The lowest BCUT2D eigenvalue weighted by Crippen LogP contribution is -2.04. The number of hydrogen-bond acceptors (Lipinski definition) is 7. The Morgan fingerprint density at radius 1 is 1.08 bits per heavy atom. The zero-order chi connectivity index (χ0) is 17.7. The van der Waals surface area contributed by atoms with Crippen LogP contribution in [0.3, 0.4) is 0 Å².